The molecule has 5 heteroatoms. The van der Waals surface area contributed by atoms with Crippen molar-refractivity contribution in [2.45, 2.75) is 20.3 Å². The number of hydrogen-bond acceptors (Lipinski definition) is 3. The maximum Gasteiger partial charge on any atom is 0.225 e. The third-order valence-corrected chi connectivity index (χ3v) is 3.76. The van der Waals surface area contributed by atoms with Gasteiger partial charge in [-0.05, 0) is 31.9 Å². The normalized spacial score (nSPS) is 17.8. The Hall–Kier alpha value is -2.04. The highest BCUT2D eigenvalue weighted by Gasteiger charge is 2.28. The average molecular weight is 275 g/mol. The minimum absolute atomic E-state index is 0.0404. The molecule has 0 fully saturated rings. The van der Waals surface area contributed by atoms with Crippen LogP contribution in [0.4, 0.5) is 5.69 Å². The molecule has 1 aliphatic heterocycles. The number of carbonyl (C=O) groups is 2. The van der Waals surface area contributed by atoms with Gasteiger partial charge in [0.15, 0.2) is 0 Å². The molecule has 20 heavy (non-hydrogen) atoms. The van der Waals surface area contributed by atoms with Crippen LogP contribution in [-0.2, 0) is 16.0 Å². The van der Waals surface area contributed by atoms with Crippen LogP contribution in [0.1, 0.15) is 19.4 Å². The lowest BCUT2D eigenvalue weighted by molar-refractivity contribution is -0.128. The van der Waals surface area contributed by atoms with Gasteiger partial charge in [-0.25, -0.2) is 0 Å². The summed E-state index contributed by atoms with van der Waals surface area (Å²) in [6.45, 7) is 4.33. The smallest absolute Gasteiger partial charge is 0.225 e. The van der Waals surface area contributed by atoms with Crippen LogP contribution < -0.4 is 16.4 Å². The molecule has 4 N–H and O–H groups in total. The van der Waals surface area contributed by atoms with Crippen molar-refractivity contribution in [3.63, 3.8) is 0 Å². The molecular weight excluding hydrogens is 254 g/mol. The molecule has 0 aromatic heterocycles. The second-order valence-corrected chi connectivity index (χ2v) is 5.91. The molecule has 0 bridgehead atoms. The molecule has 0 aliphatic carbocycles. The molecule has 1 unspecified atom stereocenters. The summed E-state index contributed by atoms with van der Waals surface area (Å²) in [6, 6.07) is 7.98. The van der Waals surface area contributed by atoms with Gasteiger partial charge < -0.3 is 16.4 Å². The Balaban J connectivity index is 1.94. The SMILES string of the molecule is CC(C)(CNC(=O)C1CNc2ccccc2C1)C(N)=O. The molecule has 2 amide bonds. The maximum absolute atomic E-state index is 12.2. The number of primary amides is 1. The lowest BCUT2D eigenvalue weighted by atomic mass is 9.90. The lowest BCUT2D eigenvalue weighted by Crippen LogP contribution is -2.46. The van der Waals surface area contributed by atoms with Gasteiger partial charge in [0, 0.05) is 18.8 Å². The number of nitrogens with two attached hydrogens (primary N) is 1. The molecule has 0 saturated heterocycles. The number of nitrogens with one attached hydrogen (secondary N) is 2. The second-order valence-electron chi connectivity index (χ2n) is 5.91. The van der Waals surface area contributed by atoms with Crippen LogP contribution in [0.3, 0.4) is 0 Å². The Bertz CT molecular complexity index is 526. The van der Waals surface area contributed by atoms with Gasteiger partial charge in [0.1, 0.15) is 0 Å². The Labute approximate surface area is 118 Å². The maximum atomic E-state index is 12.2. The predicted molar refractivity (Wildman–Crippen MR) is 78.1 cm³/mol. The molecule has 2 rings (SSSR count). The highest BCUT2D eigenvalue weighted by molar-refractivity contribution is 5.83. The summed E-state index contributed by atoms with van der Waals surface area (Å²) in [5.74, 6) is -0.570. The van der Waals surface area contributed by atoms with E-state index in [0.29, 0.717) is 13.0 Å². The van der Waals surface area contributed by atoms with Gasteiger partial charge in [-0.15, -0.1) is 0 Å². The summed E-state index contributed by atoms with van der Waals surface area (Å²) in [5.41, 5.74) is 6.81. The number of benzene rings is 1. The van der Waals surface area contributed by atoms with Crippen LogP contribution in [0.25, 0.3) is 0 Å². The van der Waals surface area contributed by atoms with Gasteiger partial charge in [-0.2, -0.15) is 0 Å². The summed E-state index contributed by atoms with van der Waals surface area (Å²) in [4.78, 5) is 23.4. The molecular formula is C15H21N3O2. The van der Waals surface area contributed by atoms with Gasteiger partial charge >= 0.3 is 0 Å². The van der Waals surface area contributed by atoms with Crippen LogP contribution in [0.2, 0.25) is 0 Å². The van der Waals surface area contributed by atoms with Crippen molar-refractivity contribution in [2.24, 2.45) is 17.1 Å². The van der Waals surface area contributed by atoms with Crippen molar-refractivity contribution in [2.75, 3.05) is 18.4 Å². The number of fused-ring (bicyclic) bond motifs is 1. The van der Waals surface area contributed by atoms with Crippen molar-refractivity contribution in [1.29, 1.82) is 0 Å². The third kappa shape index (κ3) is 3.10. The molecule has 0 radical (unpaired) electrons. The van der Waals surface area contributed by atoms with E-state index in [2.05, 4.69) is 10.6 Å². The van der Waals surface area contributed by atoms with Crippen LogP contribution in [0.15, 0.2) is 24.3 Å². The van der Waals surface area contributed by atoms with Crippen LogP contribution >= 0.6 is 0 Å². The van der Waals surface area contributed by atoms with Crippen LogP contribution in [-0.4, -0.2) is 24.9 Å². The summed E-state index contributed by atoms with van der Waals surface area (Å²) in [6.07, 6.45) is 0.714. The lowest BCUT2D eigenvalue weighted by Gasteiger charge is -2.27. The molecule has 1 aromatic carbocycles. The van der Waals surface area contributed by atoms with Gasteiger partial charge in [0.05, 0.1) is 11.3 Å². The van der Waals surface area contributed by atoms with E-state index in [0.717, 1.165) is 11.3 Å². The Morgan fingerprint density at radius 3 is 2.80 bits per heavy atom. The Morgan fingerprint density at radius 2 is 2.10 bits per heavy atom. The molecule has 5 nitrogen and oxygen atoms in total. The van der Waals surface area contributed by atoms with Crippen LogP contribution in [0, 0.1) is 11.3 Å². The molecule has 0 spiro atoms. The van der Waals surface area contributed by atoms with E-state index in [1.807, 2.05) is 24.3 Å². The van der Waals surface area contributed by atoms with Crippen molar-refractivity contribution >= 4 is 17.5 Å². The van der Waals surface area contributed by atoms with E-state index in [9.17, 15) is 9.59 Å². The highest BCUT2D eigenvalue weighted by Crippen LogP contribution is 2.24. The minimum atomic E-state index is -0.727. The fourth-order valence-corrected chi connectivity index (χ4v) is 2.17. The number of anilines is 1. The zero-order valence-corrected chi connectivity index (χ0v) is 11.9. The average Bonchev–Trinajstić information content (AvgIpc) is 2.44. The first-order valence-electron chi connectivity index (χ1n) is 6.79. The topological polar surface area (TPSA) is 84.2 Å². The highest BCUT2D eigenvalue weighted by atomic mass is 16.2. The molecule has 1 atom stereocenters. The van der Waals surface area contributed by atoms with E-state index >= 15 is 0 Å². The number of para-hydroxylation sites is 1. The third-order valence-electron chi connectivity index (χ3n) is 3.76. The van der Waals surface area contributed by atoms with E-state index in [1.165, 1.54) is 0 Å². The largest absolute Gasteiger partial charge is 0.384 e. The summed E-state index contributed by atoms with van der Waals surface area (Å²) < 4.78 is 0. The number of hydrogen-bond donors (Lipinski definition) is 3. The summed E-state index contributed by atoms with van der Waals surface area (Å²) in [5, 5.41) is 6.09. The van der Waals surface area contributed by atoms with Gasteiger partial charge in [0.25, 0.3) is 0 Å². The quantitative estimate of drug-likeness (QED) is 0.763. The zero-order valence-electron chi connectivity index (χ0n) is 11.9. The van der Waals surface area contributed by atoms with E-state index in [4.69, 9.17) is 5.73 Å². The van der Waals surface area contributed by atoms with E-state index in [1.54, 1.807) is 13.8 Å². The molecule has 108 valence electrons. The number of carbonyl (C=O) groups excluding carboxylic acids is 2. The monoisotopic (exact) mass is 275 g/mol. The molecule has 1 heterocycles. The van der Waals surface area contributed by atoms with Crippen molar-refractivity contribution in [1.82, 2.24) is 5.32 Å². The predicted octanol–water partition coefficient (Wildman–Crippen LogP) is 0.898. The van der Waals surface area contributed by atoms with Gasteiger partial charge in [-0.1, -0.05) is 18.2 Å². The first-order valence-corrected chi connectivity index (χ1v) is 6.79. The summed E-state index contributed by atoms with van der Waals surface area (Å²) >= 11 is 0. The Morgan fingerprint density at radius 1 is 1.40 bits per heavy atom. The molecule has 1 aliphatic rings. The van der Waals surface area contributed by atoms with E-state index in [-0.39, 0.29) is 18.4 Å². The molecule has 1 aromatic rings. The van der Waals surface area contributed by atoms with Crippen molar-refractivity contribution in [3.8, 4) is 0 Å². The number of rotatable bonds is 4. The first-order chi connectivity index (χ1) is 9.40. The fourth-order valence-electron chi connectivity index (χ4n) is 2.17. The van der Waals surface area contributed by atoms with Gasteiger partial charge in [-0.3, -0.25) is 9.59 Å². The zero-order chi connectivity index (χ0) is 14.8. The second kappa shape index (κ2) is 5.53. The standard InChI is InChI=1S/C15H21N3O2/c1-15(2,14(16)20)9-18-13(19)11-7-10-5-3-4-6-12(10)17-8-11/h3-6,11,17H,7-9H2,1-2H3,(H2,16,20)(H,18,19). The minimum Gasteiger partial charge on any atom is -0.384 e. The summed E-state index contributed by atoms with van der Waals surface area (Å²) in [7, 11) is 0. The Kier molecular flexibility index (Phi) is 3.97. The van der Waals surface area contributed by atoms with E-state index < -0.39 is 11.3 Å². The fraction of sp³-hybridized carbons (Fsp3) is 0.467. The number of amides is 2. The van der Waals surface area contributed by atoms with Gasteiger partial charge in [0.2, 0.25) is 11.8 Å². The van der Waals surface area contributed by atoms with Crippen LogP contribution in [0.5, 0.6) is 0 Å². The first kappa shape index (κ1) is 14.4. The van der Waals surface area contributed by atoms with Crippen molar-refractivity contribution < 1.29 is 9.59 Å². The van der Waals surface area contributed by atoms with Crippen molar-refractivity contribution in [3.05, 3.63) is 29.8 Å². The molecule has 0 saturated carbocycles.